The van der Waals surface area contributed by atoms with Gasteiger partial charge in [-0.15, -0.1) is 0 Å². The van der Waals surface area contributed by atoms with Crippen LogP contribution in [-0.2, 0) is 5.41 Å². The maximum absolute atomic E-state index is 9.06. The van der Waals surface area contributed by atoms with Gasteiger partial charge in [0.15, 0.2) is 0 Å². The van der Waals surface area contributed by atoms with Gasteiger partial charge in [-0.05, 0) is 48.4 Å². The molecule has 0 aliphatic heterocycles. The van der Waals surface area contributed by atoms with Crippen LogP contribution in [0.2, 0.25) is 0 Å². The second-order valence-corrected chi connectivity index (χ2v) is 4.90. The Balaban J connectivity index is 3.24. The van der Waals surface area contributed by atoms with Gasteiger partial charge in [0, 0.05) is 12.3 Å². The minimum absolute atomic E-state index is 0.0589. The van der Waals surface area contributed by atoms with Crippen molar-refractivity contribution in [2.24, 2.45) is 0 Å². The molecule has 0 aliphatic carbocycles. The Labute approximate surface area is 92.1 Å². The standard InChI is InChI=1S/C13H21NO/c1-9-7-10(2)12(11(14)8-9)13(3,4)5-6-15/h7-8,15H,5-6,14H2,1-4H3. The van der Waals surface area contributed by atoms with Crippen LogP contribution in [0, 0.1) is 13.8 Å². The highest BCUT2D eigenvalue weighted by Gasteiger charge is 2.24. The maximum atomic E-state index is 9.06. The van der Waals surface area contributed by atoms with Crippen molar-refractivity contribution in [3.63, 3.8) is 0 Å². The Bertz CT molecular complexity index is 333. The van der Waals surface area contributed by atoms with E-state index in [9.17, 15) is 0 Å². The average Bonchev–Trinajstić information content (AvgIpc) is 1.99. The van der Waals surface area contributed by atoms with Crippen LogP contribution in [0.4, 0.5) is 5.69 Å². The van der Waals surface area contributed by atoms with Gasteiger partial charge in [-0.3, -0.25) is 0 Å². The zero-order valence-electron chi connectivity index (χ0n) is 10.1. The molecule has 2 heteroatoms. The first-order valence-corrected chi connectivity index (χ1v) is 5.36. The van der Waals surface area contributed by atoms with Crippen LogP contribution in [0.25, 0.3) is 0 Å². The van der Waals surface area contributed by atoms with Gasteiger partial charge < -0.3 is 10.8 Å². The Hall–Kier alpha value is -1.02. The fourth-order valence-corrected chi connectivity index (χ4v) is 2.33. The van der Waals surface area contributed by atoms with Gasteiger partial charge in [0.2, 0.25) is 0 Å². The van der Waals surface area contributed by atoms with E-state index in [1.54, 1.807) is 0 Å². The quantitative estimate of drug-likeness (QED) is 0.748. The van der Waals surface area contributed by atoms with E-state index in [2.05, 4.69) is 26.8 Å². The second kappa shape index (κ2) is 4.23. The zero-order valence-corrected chi connectivity index (χ0v) is 10.1. The van der Waals surface area contributed by atoms with Gasteiger partial charge in [0.1, 0.15) is 0 Å². The highest BCUT2D eigenvalue weighted by atomic mass is 16.3. The lowest BCUT2D eigenvalue weighted by Gasteiger charge is -2.28. The van der Waals surface area contributed by atoms with Crippen LogP contribution in [0.5, 0.6) is 0 Å². The van der Waals surface area contributed by atoms with E-state index < -0.39 is 0 Å². The van der Waals surface area contributed by atoms with Crippen molar-refractivity contribution in [2.45, 2.75) is 39.5 Å². The first-order chi connectivity index (χ1) is 6.88. The van der Waals surface area contributed by atoms with E-state index >= 15 is 0 Å². The topological polar surface area (TPSA) is 46.2 Å². The smallest absolute Gasteiger partial charge is 0.0439 e. The highest BCUT2D eigenvalue weighted by Crippen LogP contribution is 2.34. The molecule has 1 aromatic carbocycles. The van der Waals surface area contributed by atoms with Gasteiger partial charge >= 0.3 is 0 Å². The van der Waals surface area contributed by atoms with Gasteiger partial charge in [-0.2, -0.15) is 0 Å². The molecule has 0 radical (unpaired) electrons. The van der Waals surface area contributed by atoms with Crippen molar-refractivity contribution >= 4 is 5.69 Å². The molecule has 0 saturated heterocycles. The molecule has 1 aromatic rings. The molecule has 0 heterocycles. The van der Waals surface area contributed by atoms with E-state index in [0.29, 0.717) is 0 Å². The van der Waals surface area contributed by atoms with Crippen molar-refractivity contribution in [1.29, 1.82) is 0 Å². The summed E-state index contributed by atoms with van der Waals surface area (Å²) >= 11 is 0. The van der Waals surface area contributed by atoms with Crippen LogP contribution < -0.4 is 5.73 Å². The van der Waals surface area contributed by atoms with Gasteiger partial charge in [0.05, 0.1) is 0 Å². The summed E-state index contributed by atoms with van der Waals surface area (Å²) in [5.74, 6) is 0. The van der Waals surface area contributed by atoms with E-state index in [-0.39, 0.29) is 12.0 Å². The summed E-state index contributed by atoms with van der Waals surface area (Å²) in [5, 5.41) is 9.06. The maximum Gasteiger partial charge on any atom is 0.0439 e. The predicted molar refractivity (Wildman–Crippen MR) is 65.1 cm³/mol. The van der Waals surface area contributed by atoms with E-state index in [0.717, 1.165) is 12.1 Å². The van der Waals surface area contributed by atoms with Crippen LogP contribution in [0.1, 0.15) is 37.0 Å². The third kappa shape index (κ3) is 2.51. The number of hydrogen-bond acceptors (Lipinski definition) is 2. The second-order valence-electron chi connectivity index (χ2n) is 4.90. The number of benzene rings is 1. The molecular weight excluding hydrogens is 186 g/mol. The Morgan fingerprint density at radius 3 is 2.33 bits per heavy atom. The first-order valence-electron chi connectivity index (χ1n) is 5.36. The Kier molecular flexibility index (Phi) is 3.40. The zero-order chi connectivity index (χ0) is 11.6. The van der Waals surface area contributed by atoms with E-state index in [1.807, 2.05) is 13.0 Å². The van der Waals surface area contributed by atoms with E-state index in [1.165, 1.54) is 16.7 Å². The Morgan fingerprint density at radius 1 is 1.27 bits per heavy atom. The molecule has 0 fully saturated rings. The summed E-state index contributed by atoms with van der Waals surface area (Å²) in [6, 6.07) is 4.15. The number of aliphatic hydroxyl groups excluding tert-OH is 1. The third-order valence-corrected chi connectivity index (χ3v) is 2.92. The van der Waals surface area contributed by atoms with Gasteiger partial charge in [-0.25, -0.2) is 0 Å². The molecule has 0 aromatic heterocycles. The minimum atomic E-state index is -0.0589. The molecule has 0 atom stereocenters. The molecule has 0 saturated carbocycles. The molecular formula is C13H21NO. The van der Waals surface area contributed by atoms with Crippen molar-refractivity contribution in [3.8, 4) is 0 Å². The third-order valence-electron chi connectivity index (χ3n) is 2.92. The lowest BCUT2D eigenvalue weighted by Crippen LogP contribution is -2.22. The van der Waals surface area contributed by atoms with E-state index in [4.69, 9.17) is 10.8 Å². The summed E-state index contributed by atoms with van der Waals surface area (Å²) in [6.45, 7) is 8.57. The average molecular weight is 207 g/mol. The normalized spacial score (nSPS) is 11.8. The van der Waals surface area contributed by atoms with Gasteiger partial charge in [0.25, 0.3) is 0 Å². The fourth-order valence-electron chi connectivity index (χ4n) is 2.33. The number of anilines is 1. The Morgan fingerprint density at radius 2 is 1.87 bits per heavy atom. The lowest BCUT2D eigenvalue weighted by molar-refractivity contribution is 0.252. The first kappa shape index (κ1) is 12.1. The predicted octanol–water partition coefficient (Wildman–Crippen LogP) is 2.55. The molecule has 0 aliphatic rings. The SMILES string of the molecule is Cc1cc(C)c(C(C)(C)CCO)c(N)c1. The van der Waals surface area contributed by atoms with Crippen LogP contribution in [0.15, 0.2) is 12.1 Å². The monoisotopic (exact) mass is 207 g/mol. The summed E-state index contributed by atoms with van der Waals surface area (Å²) in [6.07, 6.45) is 0.737. The van der Waals surface area contributed by atoms with Crippen molar-refractivity contribution in [3.05, 3.63) is 28.8 Å². The molecule has 3 N–H and O–H groups in total. The highest BCUT2D eigenvalue weighted by molar-refractivity contribution is 5.56. The summed E-state index contributed by atoms with van der Waals surface area (Å²) < 4.78 is 0. The number of hydrogen-bond donors (Lipinski definition) is 2. The lowest BCUT2D eigenvalue weighted by atomic mass is 9.78. The number of nitrogens with two attached hydrogens (primary N) is 1. The summed E-state index contributed by atoms with van der Waals surface area (Å²) in [5.41, 5.74) is 10.4. The van der Waals surface area contributed by atoms with Crippen LogP contribution in [-0.4, -0.2) is 11.7 Å². The number of aryl methyl sites for hydroxylation is 2. The molecule has 0 spiro atoms. The molecule has 2 nitrogen and oxygen atoms in total. The molecule has 0 bridgehead atoms. The minimum Gasteiger partial charge on any atom is -0.398 e. The fraction of sp³-hybridized carbons (Fsp3) is 0.538. The van der Waals surface area contributed by atoms with Crippen molar-refractivity contribution < 1.29 is 5.11 Å². The van der Waals surface area contributed by atoms with Crippen LogP contribution in [0.3, 0.4) is 0 Å². The van der Waals surface area contributed by atoms with Crippen LogP contribution >= 0.6 is 0 Å². The van der Waals surface area contributed by atoms with Crippen molar-refractivity contribution in [2.75, 3.05) is 12.3 Å². The number of rotatable bonds is 3. The van der Waals surface area contributed by atoms with Gasteiger partial charge in [-0.1, -0.05) is 19.9 Å². The van der Waals surface area contributed by atoms with Crippen molar-refractivity contribution in [1.82, 2.24) is 0 Å². The molecule has 0 unspecified atom stereocenters. The molecule has 84 valence electrons. The summed E-state index contributed by atoms with van der Waals surface area (Å²) in [7, 11) is 0. The summed E-state index contributed by atoms with van der Waals surface area (Å²) in [4.78, 5) is 0. The molecule has 1 rings (SSSR count). The molecule has 0 amide bonds. The largest absolute Gasteiger partial charge is 0.398 e. The number of aliphatic hydroxyl groups is 1. The molecule has 15 heavy (non-hydrogen) atoms. The number of nitrogen functional groups attached to an aromatic ring is 1.